The quantitative estimate of drug-likeness (QED) is 0.0473. The van der Waals surface area contributed by atoms with E-state index in [9.17, 15) is 14.6 Å². The van der Waals surface area contributed by atoms with E-state index in [1.54, 1.807) is 15.9 Å². The first kappa shape index (κ1) is 54.6. The van der Waals surface area contributed by atoms with Gasteiger partial charge in [-0.15, -0.1) is 0 Å². The lowest BCUT2D eigenvalue weighted by molar-refractivity contribution is 0.0162. The lowest BCUT2D eigenvalue weighted by Crippen LogP contribution is -2.54. The summed E-state index contributed by atoms with van der Waals surface area (Å²) in [6, 6.07) is 15.4. The maximum atomic E-state index is 15.8. The number of benzene rings is 4. The second kappa shape index (κ2) is 22.4. The molecule has 2 fully saturated rings. The number of likely N-dealkylation sites (tertiary alicyclic amines) is 2. The molecule has 6 heterocycles. The minimum Gasteiger partial charge on any atom is -0.393 e. The molecule has 0 amide bonds. The highest BCUT2D eigenvalue weighted by atomic mass is 19.2. The Balaban J connectivity index is 0.000000184. The second-order valence-electron chi connectivity index (χ2n) is 22.3. The number of hydrogen-bond acceptors (Lipinski definition) is 8. The number of hydrogen-bond donors (Lipinski definition) is 6. The summed E-state index contributed by atoms with van der Waals surface area (Å²) in [5, 5.41) is 27.4. The van der Waals surface area contributed by atoms with Crippen LogP contribution in [0.4, 0.5) is 42.1 Å². The van der Waals surface area contributed by atoms with E-state index >= 15 is 26.3 Å². The number of unbranched alkanes of at least 4 members (excludes halogenated alkanes) is 2. The molecule has 4 aliphatic rings. The van der Waals surface area contributed by atoms with Gasteiger partial charge in [0.1, 0.15) is 40.4 Å². The van der Waals surface area contributed by atoms with Crippen molar-refractivity contribution in [2.45, 2.75) is 128 Å². The molecule has 2 saturated heterocycles. The first-order valence-electron chi connectivity index (χ1n) is 26.8. The highest BCUT2D eigenvalue weighted by Crippen LogP contribution is 2.46. The summed E-state index contributed by atoms with van der Waals surface area (Å²) in [6.45, 7) is 14.3. The fourth-order valence-electron chi connectivity index (χ4n) is 11.8. The summed E-state index contributed by atoms with van der Waals surface area (Å²) in [5.74, 6) is -3.20. The molecule has 4 aliphatic heterocycles. The van der Waals surface area contributed by atoms with Crippen LogP contribution in [0.2, 0.25) is 0 Å². The molecule has 4 aromatic carbocycles. The third-order valence-electron chi connectivity index (χ3n) is 15.8. The molecule has 6 N–H and O–H groups in total. The lowest BCUT2D eigenvalue weighted by atomic mass is 9.87. The summed E-state index contributed by atoms with van der Waals surface area (Å²) in [5.41, 5.74) is 1.07. The number of alkyl halides is 2. The zero-order valence-electron chi connectivity index (χ0n) is 44.0. The molecule has 10 rings (SSSR count). The molecule has 406 valence electrons. The van der Waals surface area contributed by atoms with Crippen LogP contribution in [0.25, 0.3) is 21.8 Å². The van der Waals surface area contributed by atoms with Crippen LogP contribution in [0, 0.1) is 29.1 Å². The van der Waals surface area contributed by atoms with Crippen molar-refractivity contribution in [2.24, 2.45) is 0 Å². The van der Waals surface area contributed by atoms with Crippen molar-refractivity contribution in [3.05, 3.63) is 129 Å². The first-order chi connectivity index (χ1) is 35.8. The molecule has 2 unspecified atom stereocenters. The monoisotopic (exact) mass is 1050 g/mol. The number of para-hydroxylation sites is 1. The third-order valence-corrected chi connectivity index (χ3v) is 15.8. The van der Waals surface area contributed by atoms with Crippen molar-refractivity contribution in [3.8, 4) is 0 Å². The summed E-state index contributed by atoms with van der Waals surface area (Å²) >= 11 is 0. The van der Waals surface area contributed by atoms with Crippen molar-refractivity contribution in [3.63, 3.8) is 0 Å². The predicted molar refractivity (Wildman–Crippen MR) is 283 cm³/mol. The Morgan fingerprint density at radius 1 is 0.587 bits per heavy atom. The van der Waals surface area contributed by atoms with Crippen LogP contribution in [-0.4, -0.2) is 141 Å². The molecule has 0 aliphatic carbocycles. The van der Waals surface area contributed by atoms with Crippen LogP contribution in [0.1, 0.15) is 113 Å². The number of fused-ring (bicyclic) bond motifs is 6. The summed E-state index contributed by atoms with van der Waals surface area (Å²) in [4.78, 5) is 14.7. The summed E-state index contributed by atoms with van der Waals surface area (Å²) in [7, 11) is 0. The van der Waals surface area contributed by atoms with Gasteiger partial charge in [0.15, 0.2) is 0 Å². The van der Waals surface area contributed by atoms with Gasteiger partial charge in [0.2, 0.25) is 0 Å². The maximum absolute atomic E-state index is 15.8. The fraction of sp³-hybridized carbons (Fsp3) is 0.517. The molecule has 10 nitrogen and oxygen atoms in total. The Bertz CT molecular complexity index is 2900. The van der Waals surface area contributed by atoms with Gasteiger partial charge in [-0.1, -0.05) is 44.9 Å². The molecule has 0 saturated carbocycles. The minimum absolute atomic E-state index is 0.100. The van der Waals surface area contributed by atoms with Crippen LogP contribution in [0.5, 0.6) is 0 Å². The number of halogens is 7. The number of nitrogens with one attached hydrogen (secondary N) is 4. The highest BCUT2D eigenvalue weighted by molar-refractivity contribution is 5.86. The fourth-order valence-corrected chi connectivity index (χ4v) is 11.8. The molecule has 0 radical (unpaired) electrons. The average molecular weight is 1050 g/mol. The van der Waals surface area contributed by atoms with E-state index in [2.05, 4.69) is 44.2 Å². The van der Waals surface area contributed by atoms with E-state index in [1.807, 2.05) is 38.1 Å². The number of aliphatic hydroxyl groups is 2. The van der Waals surface area contributed by atoms with E-state index < -0.39 is 65.7 Å². The smallest absolute Gasteiger partial charge is 0.143 e. The molecule has 0 bridgehead atoms. The first-order valence-corrected chi connectivity index (χ1v) is 26.8. The van der Waals surface area contributed by atoms with Crippen LogP contribution in [-0.2, 0) is 12.8 Å². The highest BCUT2D eigenvalue weighted by Gasteiger charge is 2.44. The van der Waals surface area contributed by atoms with Crippen molar-refractivity contribution in [2.75, 3.05) is 76.2 Å². The van der Waals surface area contributed by atoms with E-state index in [4.69, 9.17) is 0 Å². The molecule has 0 spiro atoms. The third kappa shape index (κ3) is 11.6. The van der Waals surface area contributed by atoms with Crippen molar-refractivity contribution >= 4 is 33.2 Å². The molecule has 75 heavy (non-hydrogen) atoms. The SMILES string of the molecule is CCCCN1CC(Nc2cc(F)c([C@@H]3c4[nH]c5ccc(F)cc5c4C[C@@H](C)N3CC(C)(F)CO)c(F)c2)C1.CCCCN1CC(Nc2cc(F)c([C@@H]3c4[nH]c5ccccc5c4C[C@@H](C)N3CC(C)(F)CO)c(F)c2)C1. The number of aliphatic hydroxyl groups excluding tert-OH is 2. The zero-order valence-corrected chi connectivity index (χ0v) is 44.0. The Kier molecular flexibility index (Phi) is 16.3. The van der Waals surface area contributed by atoms with E-state index in [-0.39, 0.29) is 48.4 Å². The normalized spacial score (nSPS) is 22.4. The van der Waals surface area contributed by atoms with Crippen LogP contribution < -0.4 is 10.6 Å². The maximum Gasteiger partial charge on any atom is 0.143 e. The minimum atomic E-state index is -1.98. The van der Waals surface area contributed by atoms with Crippen molar-refractivity contribution < 1.29 is 40.9 Å². The van der Waals surface area contributed by atoms with Crippen LogP contribution in [0.15, 0.2) is 66.7 Å². The molecular formula is C58H73F7N8O2. The number of rotatable bonds is 18. The van der Waals surface area contributed by atoms with E-state index in [0.717, 1.165) is 87.0 Å². The van der Waals surface area contributed by atoms with Gasteiger partial charge in [-0.2, -0.15) is 0 Å². The Hall–Kier alpha value is -5.17. The summed E-state index contributed by atoms with van der Waals surface area (Å²) < 4.78 is 108. The topological polar surface area (TPSA) is 109 Å². The molecule has 2 aromatic heterocycles. The Morgan fingerprint density at radius 2 is 1.00 bits per heavy atom. The Labute approximate surface area is 435 Å². The van der Waals surface area contributed by atoms with Gasteiger partial charge < -0.3 is 30.8 Å². The van der Waals surface area contributed by atoms with E-state index in [1.165, 1.54) is 50.2 Å². The summed E-state index contributed by atoms with van der Waals surface area (Å²) in [6.07, 6.45) is 5.58. The lowest BCUT2D eigenvalue weighted by Gasteiger charge is -2.43. The molecule has 6 atom stereocenters. The van der Waals surface area contributed by atoms with Gasteiger partial charge in [-0.25, -0.2) is 30.7 Å². The number of aromatic amines is 2. The van der Waals surface area contributed by atoms with Crippen molar-refractivity contribution in [1.82, 2.24) is 29.6 Å². The number of aromatic nitrogens is 2. The second-order valence-corrected chi connectivity index (χ2v) is 22.3. The average Bonchev–Trinajstić information content (AvgIpc) is 3.89. The Morgan fingerprint density at radius 3 is 1.43 bits per heavy atom. The van der Waals surface area contributed by atoms with E-state index in [0.29, 0.717) is 46.5 Å². The van der Waals surface area contributed by atoms with Gasteiger partial charge in [-0.05, 0) is 126 Å². The van der Waals surface area contributed by atoms with Crippen LogP contribution >= 0.6 is 0 Å². The van der Waals surface area contributed by atoms with Crippen LogP contribution in [0.3, 0.4) is 0 Å². The van der Waals surface area contributed by atoms with Gasteiger partial charge in [0, 0.05) is 107 Å². The van der Waals surface area contributed by atoms with Gasteiger partial charge >= 0.3 is 0 Å². The largest absolute Gasteiger partial charge is 0.393 e. The molecule has 17 heteroatoms. The molecule has 6 aromatic rings. The van der Waals surface area contributed by atoms with Gasteiger partial charge in [-0.3, -0.25) is 19.6 Å². The van der Waals surface area contributed by atoms with Gasteiger partial charge in [0.05, 0.1) is 37.4 Å². The zero-order chi connectivity index (χ0) is 53.5. The number of H-pyrrole nitrogens is 2. The molecular weight excluding hydrogens is 974 g/mol. The van der Waals surface area contributed by atoms with Crippen molar-refractivity contribution in [1.29, 1.82) is 0 Å². The number of anilines is 2. The standard InChI is InChI=1S/C29H36F4N4O.C29H37F3N4O/c1-4-5-8-36-13-20(14-36)34-19-11-23(31)26(24(32)12-19)28-27-22(21-10-18(30)6-7-25(21)35-27)9-17(2)37(28)15-29(3,33)16-38;1-4-5-10-35-14-20(15-35)33-19-12-23(30)26(24(31)13-19)28-27-22(21-8-6-7-9-25(21)34-27)11-18(2)36(28)16-29(3,32)17-37/h6-7,10-12,17,20,28,34-35,38H,4-5,8-9,13-16H2,1-3H3;6-9,12-13,18,20,28,33-34,37H,4-5,10-11,14-17H2,1-3H3/t17-,28-,29?;18-,28-,29?/m11/s1. The predicted octanol–water partition coefficient (Wildman–Crippen LogP) is 10.9. The number of nitrogens with zero attached hydrogens (tertiary/aromatic N) is 4. The van der Waals surface area contributed by atoms with Gasteiger partial charge in [0.25, 0.3) is 0 Å².